The van der Waals surface area contributed by atoms with Crippen LogP contribution in [0.5, 0.6) is 0 Å². The first-order valence-corrected chi connectivity index (χ1v) is 6.79. The predicted octanol–water partition coefficient (Wildman–Crippen LogP) is 1.68. The molecule has 0 saturated carbocycles. The van der Waals surface area contributed by atoms with Gasteiger partial charge in [0.2, 0.25) is 11.8 Å². The SMILES string of the molecule is CC(C)(C)c1cc(NC(=O)Cn2cc([N+](=O)[O-])ccc2=O)on1. The van der Waals surface area contributed by atoms with Crippen molar-refractivity contribution >= 4 is 17.5 Å². The Labute approximate surface area is 131 Å². The summed E-state index contributed by atoms with van der Waals surface area (Å²) < 4.78 is 5.97. The molecule has 0 unspecified atom stereocenters. The van der Waals surface area contributed by atoms with E-state index in [-0.39, 0.29) is 23.5 Å². The summed E-state index contributed by atoms with van der Waals surface area (Å²) in [7, 11) is 0. The number of hydrogen-bond donors (Lipinski definition) is 1. The molecule has 0 radical (unpaired) electrons. The number of carbonyl (C=O) groups excluding carboxylic acids is 1. The smallest absolute Gasteiger partial charge is 0.285 e. The van der Waals surface area contributed by atoms with E-state index in [1.54, 1.807) is 6.07 Å². The molecule has 2 aromatic rings. The van der Waals surface area contributed by atoms with Crippen LogP contribution in [0.25, 0.3) is 0 Å². The molecular weight excluding hydrogens is 304 g/mol. The Morgan fingerprint density at radius 1 is 1.43 bits per heavy atom. The van der Waals surface area contributed by atoms with Gasteiger partial charge in [0.1, 0.15) is 6.54 Å². The minimum atomic E-state index is -0.639. The Morgan fingerprint density at radius 2 is 2.13 bits per heavy atom. The highest BCUT2D eigenvalue weighted by atomic mass is 16.6. The Bertz CT molecular complexity index is 800. The Hall–Kier alpha value is -2.97. The van der Waals surface area contributed by atoms with Crippen molar-refractivity contribution in [2.24, 2.45) is 0 Å². The van der Waals surface area contributed by atoms with E-state index < -0.39 is 16.4 Å². The summed E-state index contributed by atoms with van der Waals surface area (Å²) in [6, 6.07) is 3.72. The lowest BCUT2D eigenvalue weighted by atomic mass is 9.92. The third-order valence-corrected chi connectivity index (χ3v) is 3.03. The van der Waals surface area contributed by atoms with Crippen molar-refractivity contribution in [1.82, 2.24) is 9.72 Å². The van der Waals surface area contributed by atoms with Gasteiger partial charge < -0.3 is 4.52 Å². The fourth-order valence-corrected chi connectivity index (χ4v) is 1.77. The van der Waals surface area contributed by atoms with Crippen molar-refractivity contribution in [3.8, 4) is 0 Å². The summed E-state index contributed by atoms with van der Waals surface area (Å²) in [5.41, 5.74) is -0.352. The highest BCUT2D eigenvalue weighted by Gasteiger charge is 2.20. The van der Waals surface area contributed by atoms with Crippen molar-refractivity contribution in [2.45, 2.75) is 32.7 Å². The molecule has 0 bridgehead atoms. The van der Waals surface area contributed by atoms with E-state index in [0.29, 0.717) is 5.69 Å². The van der Waals surface area contributed by atoms with Crippen LogP contribution >= 0.6 is 0 Å². The molecule has 1 amide bonds. The first-order valence-electron chi connectivity index (χ1n) is 6.79. The fraction of sp³-hybridized carbons (Fsp3) is 0.357. The Kier molecular flexibility index (Phi) is 4.30. The second-order valence-corrected chi connectivity index (χ2v) is 5.99. The van der Waals surface area contributed by atoms with Gasteiger partial charge in [-0.1, -0.05) is 25.9 Å². The quantitative estimate of drug-likeness (QED) is 0.676. The maximum Gasteiger partial charge on any atom is 0.285 e. The first kappa shape index (κ1) is 16.4. The summed E-state index contributed by atoms with van der Waals surface area (Å²) in [5, 5.41) is 17.0. The molecule has 23 heavy (non-hydrogen) atoms. The van der Waals surface area contributed by atoms with Crippen LogP contribution < -0.4 is 10.9 Å². The summed E-state index contributed by atoms with van der Waals surface area (Å²) >= 11 is 0. The molecule has 1 N–H and O–H groups in total. The summed E-state index contributed by atoms with van der Waals surface area (Å²) in [6.45, 7) is 5.46. The molecule has 2 heterocycles. The van der Waals surface area contributed by atoms with Gasteiger partial charge in [-0.3, -0.25) is 29.6 Å². The molecule has 0 saturated heterocycles. The molecule has 122 valence electrons. The zero-order valence-electron chi connectivity index (χ0n) is 12.9. The summed E-state index contributed by atoms with van der Waals surface area (Å²) in [4.78, 5) is 33.7. The van der Waals surface area contributed by atoms with Gasteiger partial charge in [0, 0.05) is 23.6 Å². The molecule has 0 aliphatic carbocycles. The van der Waals surface area contributed by atoms with Gasteiger partial charge in [0.25, 0.3) is 11.2 Å². The zero-order chi connectivity index (χ0) is 17.2. The van der Waals surface area contributed by atoms with Crippen molar-refractivity contribution in [3.05, 3.63) is 50.6 Å². The van der Waals surface area contributed by atoms with Gasteiger partial charge in [0.15, 0.2) is 0 Å². The van der Waals surface area contributed by atoms with Crippen LogP contribution in [0.15, 0.2) is 33.7 Å². The van der Waals surface area contributed by atoms with E-state index in [2.05, 4.69) is 10.5 Å². The van der Waals surface area contributed by atoms with Crippen molar-refractivity contribution < 1.29 is 14.2 Å². The van der Waals surface area contributed by atoms with Gasteiger partial charge in [-0.05, 0) is 0 Å². The van der Waals surface area contributed by atoms with Gasteiger partial charge in [-0.2, -0.15) is 0 Å². The van der Waals surface area contributed by atoms with E-state index >= 15 is 0 Å². The highest BCUT2D eigenvalue weighted by molar-refractivity contribution is 5.89. The standard InChI is InChI=1S/C14H16N4O5/c1-14(2,3)10-6-12(23-16-10)15-11(19)8-17-7-9(18(21)22)4-5-13(17)20/h4-7H,8H2,1-3H3,(H,15,19). The first-order chi connectivity index (χ1) is 10.7. The van der Waals surface area contributed by atoms with E-state index in [0.717, 1.165) is 22.9 Å². The van der Waals surface area contributed by atoms with Gasteiger partial charge in [-0.15, -0.1) is 0 Å². The number of carbonyl (C=O) groups is 1. The van der Waals surface area contributed by atoms with Gasteiger partial charge in [-0.25, -0.2) is 0 Å². The van der Waals surface area contributed by atoms with Crippen LogP contribution in [-0.4, -0.2) is 20.6 Å². The van der Waals surface area contributed by atoms with Gasteiger partial charge >= 0.3 is 0 Å². The molecule has 0 spiro atoms. The second kappa shape index (κ2) is 6.03. The normalized spacial score (nSPS) is 11.3. The number of anilines is 1. The lowest BCUT2D eigenvalue weighted by molar-refractivity contribution is -0.385. The number of aromatic nitrogens is 2. The number of pyridine rings is 1. The van der Waals surface area contributed by atoms with Crippen LogP contribution in [0, 0.1) is 10.1 Å². The average molecular weight is 320 g/mol. The summed E-state index contributed by atoms with van der Waals surface area (Å²) in [6.07, 6.45) is 1.02. The monoisotopic (exact) mass is 320 g/mol. The number of rotatable bonds is 4. The van der Waals surface area contributed by atoms with Crippen molar-refractivity contribution in [3.63, 3.8) is 0 Å². The minimum Gasteiger partial charge on any atom is -0.338 e. The number of nitro groups is 1. The fourth-order valence-electron chi connectivity index (χ4n) is 1.77. The maximum atomic E-state index is 11.9. The van der Waals surface area contributed by atoms with Crippen LogP contribution in [0.1, 0.15) is 26.5 Å². The van der Waals surface area contributed by atoms with E-state index in [1.807, 2.05) is 20.8 Å². The second-order valence-electron chi connectivity index (χ2n) is 5.99. The molecule has 0 aliphatic heterocycles. The Morgan fingerprint density at radius 3 is 2.70 bits per heavy atom. The van der Waals surface area contributed by atoms with E-state index in [9.17, 15) is 19.7 Å². The topological polar surface area (TPSA) is 120 Å². The largest absolute Gasteiger partial charge is 0.338 e. The van der Waals surface area contributed by atoms with Crippen molar-refractivity contribution in [2.75, 3.05) is 5.32 Å². The molecule has 9 nitrogen and oxygen atoms in total. The number of amides is 1. The molecule has 0 aliphatic rings. The van der Waals surface area contributed by atoms with Crippen LogP contribution in [0.3, 0.4) is 0 Å². The van der Waals surface area contributed by atoms with Crippen molar-refractivity contribution in [1.29, 1.82) is 0 Å². The zero-order valence-corrected chi connectivity index (χ0v) is 12.9. The summed E-state index contributed by atoms with van der Waals surface area (Å²) in [5.74, 6) is -0.400. The molecule has 0 aromatic carbocycles. The molecule has 0 atom stereocenters. The van der Waals surface area contributed by atoms with Gasteiger partial charge in [0.05, 0.1) is 16.8 Å². The van der Waals surface area contributed by atoms with E-state index in [1.165, 1.54) is 0 Å². The predicted molar refractivity (Wildman–Crippen MR) is 81.2 cm³/mol. The minimum absolute atomic E-state index is 0.151. The number of nitrogens with zero attached hydrogens (tertiary/aromatic N) is 3. The number of nitrogens with one attached hydrogen (secondary N) is 1. The van der Waals surface area contributed by atoms with Crippen LogP contribution in [0.2, 0.25) is 0 Å². The lowest BCUT2D eigenvalue weighted by Gasteiger charge is -2.12. The third kappa shape index (κ3) is 4.02. The lowest BCUT2D eigenvalue weighted by Crippen LogP contribution is -2.26. The number of hydrogen-bond acceptors (Lipinski definition) is 6. The van der Waals surface area contributed by atoms with E-state index in [4.69, 9.17) is 4.52 Å². The van der Waals surface area contributed by atoms with Crippen LogP contribution in [0.4, 0.5) is 11.6 Å². The molecular formula is C14H16N4O5. The average Bonchev–Trinajstić information content (AvgIpc) is 2.89. The molecule has 2 rings (SSSR count). The highest BCUT2D eigenvalue weighted by Crippen LogP contribution is 2.23. The Balaban J connectivity index is 2.11. The van der Waals surface area contributed by atoms with Crippen LogP contribution in [-0.2, 0) is 16.8 Å². The third-order valence-electron chi connectivity index (χ3n) is 3.03. The molecule has 9 heteroatoms. The molecule has 0 fully saturated rings. The maximum absolute atomic E-state index is 11.9. The molecule has 2 aromatic heterocycles.